The van der Waals surface area contributed by atoms with Gasteiger partial charge in [0.1, 0.15) is 5.82 Å². The summed E-state index contributed by atoms with van der Waals surface area (Å²) >= 11 is 5.86. The lowest BCUT2D eigenvalue weighted by Crippen LogP contribution is -2.18. The van der Waals surface area contributed by atoms with Crippen molar-refractivity contribution in [3.8, 4) is 0 Å². The number of hydrogen-bond acceptors (Lipinski definition) is 4. The van der Waals surface area contributed by atoms with E-state index in [9.17, 15) is 0 Å². The van der Waals surface area contributed by atoms with Crippen LogP contribution in [0.2, 0.25) is 5.28 Å². The number of anilines is 1. The third-order valence-electron chi connectivity index (χ3n) is 2.24. The number of hydrogen-bond donors (Lipinski definition) is 2. The Kier molecular flexibility index (Phi) is 3.54. The first-order chi connectivity index (χ1) is 7.81. The van der Waals surface area contributed by atoms with Gasteiger partial charge in [-0.3, -0.25) is 0 Å². The molecule has 0 aliphatic carbocycles. The van der Waals surface area contributed by atoms with Gasteiger partial charge < -0.3 is 10.6 Å². The predicted molar refractivity (Wildman–Crippen MR) is 67.0 cm³/mol. The fraction of sp³-hybridized carbons (Fsp3) is 0.273. The SMILES string of the molecule is CNCCNc1nc(Cl)nc2ccccc12. The Labute approximate surface area is 99.1 Å². The van der Waals surface area contributed by atoms with Gasteiger partial charge in [0.25, 0.3) is 0 Å². The normalized spacial score (nSPS) is 10.6. The third-order valence-corrected chi connectivity index (χ3v) is 2.41. The topological polar surface area (TPSA) is 49.8 Å². The van der Waals surface area contributed by atoms with E-state index in [1.54, 1.807) is 0 Å². The molecule has 0 aliphatic heterocycles. The molecule has 1 aromatic heterocycles. The average molecular weight is 237 g/mol. The Morgan fingerprint density at radius 2 is 2.00 bits per heavy atom. The summed E-state index contributed by atoms with van der Waals surface area (Å²) in [5.74, 6) is 0.783. The lowest BCUT2D eigenvalue weighted by atomic mass is 10.2. The molecule has 0 bridgehead atoms. The Morgan fingerprint density at radius 1 is 1.19 bits per heavy atom. The van der Waals surface area contributed by atoms with Gasteiger partial charge in [0, 0.05) is 18.5 Å². The van der Waals surface area contributed by atoms with Crippen molar-refractivity contribution in [3.63, 3.8) is 0 Å². The summed E-state index contributed by atoms with van der Waals surface area (Å²) in [5.41, 5.74) is 0.856. The quantitative estimate of drug-likeness (QED) is 0.629. The molecule has 0 atom stereocenters. The number of nitrogens with one attached hydrogen (secondary N) is 2. The molecule has 1 aromatic carbocycles. The van der Waals surface area contributed by atoms with Crippen LogP contribution >= 0.6 is 11.6 Å². The zero-order chi connectivity index (χ0) is 11.4. The fourth-order valence-corrected chi connectivity index (χ4v) is 1.66. The van der Waals surface area contributed by atoms with Crippen molar-refractivity contribution in [2.75, 3.05) is 25.5 Å². The van der Waals surface area contributed by atoms with Gasteiger partial charge in [-0.15, -0.1) is 0 Å². The monoisotopic (exact) mass is 236 g/mol. The second-order valence-corrected chi connectivity index (χ2v) is 3.73. The maximum absolute atomic E-state index is 5.86. The lowest BCUT2D eigenvalue weighted by molar-refractivity contribution is 0.822. The zero-order valence-corrected chi connectivity index (χ0v) is 9.75. The maximum atomic E-state index is 5.86. The van der Waals surface area contributed by atoms with Crippen LogP contribution in [0.4, 0.5) is 5.82 Å². The van der Waals surface area contributed by atoms with E-state index >= 15 is 0 Å². The first-order valence-corrected chi connectivity index (χ1v) is 5.50. The maximum Gasteiger partial charge on any atom is 0.224 e. The average Bonchev–Trinajstić information content (AvgIpc) is 2.29. The largest absolute Gasteiger partial charge is 0.368 e. The molecule has 5 heteroatoms. The van der Waals surface area contributed by atoms with Crippen molar-refractivity contribution >= 4 is 28.3 Å². The summed E-state index contributed by atoms with van der Waals surface area (Å²) in [7, 11) is 1.91. The molecule has 0 saturated carbocycles. The van der Waals surface area contributed by atoms with E-state index in [0.717, 1.165) is 29.8 Å². The van der Waals surface area contributed by atoms with Gasteiger partial charge in [-0.05, 0) is 30.8 Å². The number of halogens is 1. The van der Waals surface area contributed by atoms with Crippen LogP contribution in [0.5, 0.6) is 0 Å². The highest BCUT2D eigenvalue weighted by Gasteiger charge is 2.04. The van der Waals surface area contributed by atoms with Gasteiger partial charge >= 0.3 is 0 Å². The molecule has 84 valence electrons. The highest BCUT2D eigenvalue weighted by atomic mass is 35.5. The first kappa shape index (κ1) is 11.1. The van der Waals surface area contributed by atoms with E-state index in [4.69, 9.17) is 11.6 Å². The Hall–Kier alpha value is -1.39. The van der Waals surface area contributed by atoms with Crippen molar-refractivity contribution in [1.82, 2.24) is 15.3 Å². The van der Waals surface area contributed by atoms with E-state index < -0.39 is 0 Å². The molecule has 1 heterocycles. The highest BCUT2D eigenvalue weighted by Crippen LogP contribution is 2.21. The zero-order valence-electron chi connectivity index (χ0n) is 9.00. The van der Waals surface area contributed by atoms with Crippen LogP contribution in [0.3, 0.4) is 0 Å². The van der Waals surface area contributed by atoms with Gasteiger partial charge in [-0.1, -0.05) is 12.1 Å². The fourth-order valence-electron chi connectivity index (χ4n) is 1.49. The van der Waals surface area contributed by atoms with Crippen molar-refractivity contribution < 1.29 is 0 Å². The second-order valence-electron chi connectivity index (χ2n) is 3.39. The van der Waals surface area contributed by atoms with Gasteiger partial charge in [0.15, 0.2) is 0 Å². The Balaban J connectivity index is 2.34. The number of nitrogens with zero attached hydrogens (tertiary/aromatic N) is 2. The van der Waals surface area contributed by atoms with Crippen molar-refractivity contribution in [2.24, 2.45) is 0 Å². The minimum Gasteiger partial charge on any atom is -0.368 e. The third kappa shape index (κ3) is 2.40. The van der Waals surface area contributed by atoms with Crippen LogP contribution < -0.4 is 10.6 Å². The number of aromatic nitrogens is 2. The Morgan fingerprint density at radius 3 is 2.81 bits per heavy atom. The molecule has 0 radical (unpaired) electrons. The predicted octanol–water partition coefficient (Wildman–Crippen LogP) is 1.91. The molecule has 2 rings (SSSR count). The van der Waals surface area contributed by atoms with E-state index in [2.05, 4.69) is 20.6 Å². The first-order valence-electron chi connectivity index (χ1n) is 5.12. The summed E-state index contributed by atoms with van der Waals surface area (Å²) in [5, 5.41) is 7.55. The van der Waals surface area contributed by atoms with E-state index in [1.165, 1.54) is 0 Å². The minimum atomic E-state index is 0.269. The molecular formula is C11H13ClN4. The van der Waals surface area contributed by atoms with Crippen LogP contribution in [0.1, 0.15) is 0 Å². The van der Waals surface area contributed by atoms with Crippen molar-refractivity contribution in [1.29, 1.82) is 0 Å². The molecule has 0 unspecified atom stereocenters. The van der Waals surface area contributed by atoms with E-state index in [0.29, 0.717) is 0 Å². The lowest BCUT2D eigenvalue weighted by Gasteiger charge is -2.08. The van der Waals surface area contributed by atoms with Crippen LogP contribution in [-0.2, 0) is 0 Å². The second kappa shape index (κ2) is 5.09. The summed E-state index contributed by atoms with van der Waals surface area (Å²) in [6, 6.07) is 7.80. The van der Waals surface area contributed by atoms with Crippen LogP contribution in [0.25, 0.3) is 10.9 Å². The molecule has 0 amide bonds. The molecule has 4 nitrogen and oxygen atoms in total. The van der Waals surface area contributed by atoms with E-state index in [-0.39, 0.29) is 5.28 Å². The Bertz CT molecular complexity index is 486. The molecule has 0 spiro atoms. The standard InChI is InChI=1S/C11H13ClN4/c1-13-6-7-14-10-8-4-2-3-5-9(8)15-11(12)16-10/h2-5,13H,6-7H2,1H3,(H,14,15,16). The number of para-hydroxylation sites is 1. The molecule has 2 aromatic rings. The van der Waals surface area contributed by atoms with Gasteiger partial charge in [-0.25, -0.2) is 9.97 Å². The molecule has 16 heavy (non-hydrogen) atoms. The molecule has 0 fully saturated rings. The highest BCUT2D eigenvalue weighted by molar-refractivity contribution is 6.28. The minimum absolute atomic E-state index is 0.269. The van der Waals surface area contributed by atoms with Crippen molar-refractivity contribution in [3.05, 3.63) is 29.5 Å². The van der Waals surface area contributed by atoms with Crippen LogP contribution in [-0.4, -0.2) is 30.1 Å². The number of rotatable bonds is 4. The smallest absolute Gasteiger partial charge is 0.224 e. The van der Waals surface area contributed by atoms with Crippen molar-refractivity contribution in [2.45, 2.75) is 0 Å². The van der Waals surface area contributed by atoms with Crippen LogP contribution in [0, 0.1) is 0 Å². The summed E-state index contributed by atoms with van der Waals surface area (Å²) in [6.45, 7) is 1.67. The van der Waals surface area contributed by atoms with Gasteiger partial charge in [0.2, 0.25) is 5.28 Å². The molecule has 0 saturated heterocycles. The summed E-state index contributed by atoms with van der Waals surface area (Å²) in [6.07, 6.45) is 0. The number of likely N-dealkylation sites (N-methyl/N-ethyl adjacent to an activating group) is 1. The van der Waals surface area contributed by atoms with E-state index in [1.807, 2.05) is 31.3 Å². The van der Waals surface area contributed by atoms with Crippen LogP contribution in [0.15, 0.2) is 24.3 Å². The number of benzene rings is 1. The summed E-state index contributed by atoms with van der Waals surface area (Å²) < 4.78 is 0. The molecular weight excluding hydrogens is 224 g/mol. The molecule has 2 N–H and O–H groups in total. The van der Waals surface area contributed by atoms with Gasteiger partial charge in [0.05, 0.1) is 5.52 Å². The van der Waals surface area contributed by atoms with Gasteiger partial charge in [-0.2, -0.15) is 0 Å². The number of fused-ring (bicyclic) bond motifs is 1. The molecule has 0 aliphatic rings. The summed E-state index contributed by atoms with van der Waals surface area (Å²) in [4.78, 5) is 8.35.